The van der Waals surface area contributed by atoms with E-state index < -0.39 is 5.25 Å². The van der Waals surface area contributed by atoms with E-state index in [2.05, 4.69) is 5.32 Å². The summed E-state index contributed by atoms with van der Waals surface area (Å²) in [7, 11) is 3.42. The Labute approximate surface area is 215 Å². The van der Waals surface area contributed by atoms with Crippen LogP contribution in [0.2, 0.25) is 0 Å². The zero-order valence-corrected chi connectivity index (χ0v) is 21.4. The summed E-state index contributed by atoms with van der Waals surface area (Å²) >= 11 is 1.54. The summed E-state index contributed by atoms with van der Waals surface area (Å²) in [5.74, 6) is 1.32. The standard InChI is InChI=1S/C28H31FN2O4S/c1-31-23-10-4-6-12-26(23)36-27(28(31)32)21-19-20(33-2)13-14-24(21)34-17-7-15-30-16-8-18-35-25-11-5-3-9-22(25)29/h3-6,9-14,19,27,30H,7-8,15-18H2,1-2H3. The average molecular weight is 511 g/mol. The van der Waals surface area contributed by atoms with E-state index in [0.29, 0.717) is 24.7 Å². The van der Waals surface area contributed by atoms with Crippen LogP contribution in [-0.2, 0) is 4.79 Å². The van der Waals surface area contributed by atoms with Gasteiger partial charge in [0, 0.05) is 17.5 Å². The largest absolute Gasteiger partial charge is 0.497 e. The number of carbonyl (C=O) groups excluding carboxylic acids is 1. The fourth-order valence-corrected chi connectivity index (χ4v) is 5.24. The van der Waals surface area contributed by atoms with E-state index in [1.54, 1.807) is 30.2 Å². The number of methoxy groups -OCH3 is 1. The molecule has 1 atom stereocenters. The lowest BCUT2D eigenvalue weighted by atomic mass is 10.1. The van der Waals surface area contributed by atoms with Gasteiger partial charge in [-0.25, -0.2) is 4.39 Å². The SMILES string of the molecule is COc1ccc(OCCCNCCCOc2ccccc2F)c(C2Sc3ccccc3N(C)C2=O)c1. The third-order valence-corrected chi connectivity index (χ3v) is 7.16. The third kappa shape index (κ3) is 6.30. The Balaban J connectivity index is 1.27. The highest BCUT2D eigenvalue weighted by atomic mass is 32.2. The van der Waals surface area contributed by atoms with E-state index in [4.69, 9.17) is 14.2 Å². The summed E-state index contributed by atoms with van der Waals surface area (Å²) in [5.41, 5.74) is 1.73. The number of carbonyl (C=O) groups is 1. The zero-order valence-electron chi connectivity index (χ0n) is 20.5. The van der Waals surface area contributed by atoms with Gasteiger partial charge < -0.3 is 24.4 Å². The molecule has 0 bridgehead atoms. The highest BCUT2D eigenvalue weighted by Gasteiger charge is 2.34. The van der Waals surface area contributed by atoms with Crippen molar-refractivity contribution in [3.63, 3.8) is 0 Å². The van der Waals surface area contributed by atoms with Crippen LogP contribution in [0.15, 0.2) is 71.6 Å². The Bertz CT molecular complexity index is 1180. The van der Waals surface area contributed by atoms with Crippen LogP contribution in [0.3, 0.4) is 0 Å². The van der Waals surface area contributed by atoms with Crippen LogP contribution in [0.25, 0.3) is 0 Å². The van der Waals surface area contributed by atoms with Gasteiger partial charge in [0.1, 0.15) is 16.7 Å². The minimum Gasteiger partial charge on any atom is -0.497 e. The number of nitrogens with one attached hydrogen (secondary N) is 1. The Hall–Kier alpha value is -3.23. The Kier molecular flexibility index (Phi) is 9.08. The van der Waals surface area contributed by atoms with Gasteiger partial charge in [-0.2, -0.15) is 0 Å². The molecule has 6 nitrogen and oxygen atoms in total. The normalized spacial score (nSPS) is 14.9. The predicted octanol–water partition coefficient (Wildman–Crippen LogP) is 5.47. The van der Waals surface area contributed by atoms with Gasteiger partial charge in [0.2, 0.25) is 5.91 Å². The molecule has 3 aromatic rings. The number of halogens is 1. The molecule has 0 saturated heterocycles. The molecule has 4 rings (SSSR count). The van der Waals surface area contributed by atoms with Crippen LogP contribution in [0.4, 0.5) is 10.1 Å². The molecule has 0 aliphatic carbocycles. The van der Waals surface area contributed by atoms with Crippen molar-refractivity contribution in [2.45, 2.75) is 23.0 Å². The number of likely N-dealkylation sites (N-methyl/N-ethyl adjacent to an activating group) is 1. The van der Waals surface area contributed by atoms with E-state index in [9.17, 15) is 9.18 Å². The van der Waals surface area contributed by atoms with Crippen molar-refractivity contribution in [2.75, 3.05) is 45.4 Å². The topological polar surface area (TPSA) is 60.0 Å². The third-order valence-electron chi connectivity index (χ3n) is 5.87. The number of thioether (sulfide) groups is 1. The molecule has 36 heavy (non-hydrogen) atoms. The summed E-state index contributed by atoms with van der Waals surface area (Å²) in [5, 5.41) is 2.94. The van der Waals surface area contributed by atoms with Crippen LogP contribution in [0, 0.1) is 5.82 Å². The van der Waals surface area contributed by atoms with Crippen molar-refractivity contribution in [2.24, 2.45) is 0 Å². The second-order valence-corrected chi connectivity index (χ2v) is 9.50. The number of benzene rings is 3. The number of rotatable bonds is 12. The quantitative estimate of drug-likeness (QED) is 0.326. The predicted molar refractivity (Wildman–Crippen MR) is 141 cm³/mol. The smallest absolute Gasteiger partial charge is 0.244 e. The van der Waals surface area contributed by atoms with Gasteiger partial charge in [0.15, 0.2) is 11.6 Å². The lowest BCUT2D eigenvalue weighted by Crippen LogP contribution is -2.33. The number of hydrogen-bond donors (Lipinski definition) is 1. The van der Waals surface area contributed by atoms with Crippen LogP contribution >= 0.6 is 11.8 Å². The van der Waals surface area contributed by atoms with Crippen molar-refractivity contribution in [1.82, 2.24) is 5.32 Å². The first kappa shape index (κ1) is 25.9. The summed E-state index contributed by atoms with van der Waals surface area (Å²) in [6.07, 6.45) is 1.57. The van der Waals surface area contributed by atoms with Crippen molar-refractivity contribution >= 4 is 23.4 Å². The second kappa shape index (κ2) is 12.6. The lowest BCUT2D eigenvalue weighted by Gasteiger charge is -2.32. The van der Waals surface area contributed by atoms with E-state index in [0.717, 1.165) is 42.1 Å². The van der Waals surface area contributed by atoms with Crippen molar-refractivity contribution < 1.29 is 23.4 Å². The van der Waals surface area contributed by atoms with E-state index in [1.807, 2.05) is 49.5 Å². The zero-order chi connectivity index (χ0) is 25.3. The summed E-state index contributed by atoms with van der Waals surface area (Å²) in [6.45, 7) is 2.50. The maximum absolute atomic E-state index is 13.6. The molecule has 0 spiro atoms. The molecule has 1 heterocycles. The number of hydrogen-bond acceptors (Lipinski definition) is 6. The molecule has 1 unspecified atom stereocenters. The molecule has 1 amide bonds. The number of ether oxygens (including phenoxy) is 3. The van der Waals surface area contributed by atoms with Gasteiger partial charge in [-0.1, -0.05) is 24.3 Å². The number of fused-ring (bicyclic) bond motifs is 1. The minimum atomic E-state index is -0.414. The summed E-state index contributed by atoms with van der Waals surface area (Å²) < 4.78 is 30.6. The number of amides is 1. The molecule has 3 aromatic carbocycles. The molecule has 1 aliphatic heterocycles. The molecule has 0 saturated carbocycles. The van der Waals surface area contributed by atoms with E-state index >= 15 is 0 Å². The van der Waals surface area contributed by atoms with Gasteiger partial charge in [-0.15, -0.1) is 11.8 Å². The molecule has 0 aromatic heterocycles. The first-order chi connectivity index (χ1) is 17.6. The summed E-state index contributed by atoms with van der Waals surface area (Å²) in [6, 6.07) is 19.9. The van der Waals surface area contributed by atoms with Crippen molar-refractivity contribution in [1.29, 1.82) is 0 Å². The van der Waals surface area contributed by atoms with Crippen LogP contribution in [0.1, 0.15) is 23.7 Å². The first-order valence-corrected chi connectivity index (χ1v) is 12.9. The van der Waals surface area contributed by atoms with E-state index in [-0.39, 0.29) is 17.5 Å². The van der Waals surface area contributed by atoms with Gasteiger partial charge in [0.05, 0.1) is 26.0 Å². The number of anilines is 1. The Morgan fingerprint density at radius 1 is 0.944 bits per heavy atom. The monoisotopic (exact) mass is 510 g/mol. The average Bonchev–Trinajstić information content (AvgIpc) is 2.91. The Morgan fingerprint density at radius 2 is 1.64 bits per heavy atom. The van der Waals surface area contributed by atoms with Crippen LogP contribution in [-0.4, -0.2) is 46.4 Å². The van der Waals surface area contributed by atoms with Crippen molar-refractivity contribution in [3.05, 3.63) is 78.1 Å². The van der Waals surface area contributed by atoms with Crippen LogP contribution in [0.5, 0.6) is 17.2 Å². The number of para-hydroxylation sites is 2. The van der Waals surface area contributed by atoms with Gasteiger partial charge in [0.25, 0.3) is 0 Å². The van der Waals surface area contributed by atoms with Gasteiger partial charge in [-0.05, 0) is 68.4 Å². The van der Waals surface area contributed by atoms with Crippen LogP contribution < -0.4 is 24.4 Å². The summed E-state index contributed by atoms with van der Waals surface area (Å²) in [4.78, 5) is 16.0. The molecular weight excluding hydrogens is 479 g/mol. The molecule has 0 fully saturated rings. The van der Waals surface area contributed by atoms with Gasteiger partial charge >= 0.3 is 0 Å². The minimum absolute atomic E-state index is 0.0103. The molecule has 8 heteroatoms. The molecule has 0 radical (unpaired) electrons. The fraction of sp³-hybridized carbons (Fsp3) is 0.321. The van der Waals surface area contributed by atoms with E-state index in [1.165, 1.54) is 17.8 Å². The highest BCUT2D eigenvalue weighted by molar-refractivity contribution is 8.00. The highest BCUT2D eigenvalue weighted by Crippen LogP contribution is 2.48. The fourth-order valence-electron chi connectivity index (χ4n) is 3.94. The lowest BCUT2D eigenvalue weighted by molar-refractivity contribution is -0.118. The molecule has 1 N–H and O–H groups in total. The maximum Gasteiger partial charge on any atom is 0.244 e. The van der Waals surface area contributed by atoms with Crippen molar-refractivity contribution in [3.8, 4) is 17.2 Å². The maximum atomic E-state index is 13.6. The van der Waals surface area contributed by atoms with Gasteiger partial charge in [-0.3, -0.25) is 4.79 Å². The Morgan fingerprint density at radius 3 is 2.39 bits per heavy atom. The number of nitrogens with zero attached hydrogens (tertiary/aromatic N) is 1. The molecular formula is C28H31FN2O4S. The molecule has 1 aliphatic rings. The first-order valence-electron chi connectivity index (χ1n) is 12.0. The second-order valence-electron chi connectivity index (χ2n) is 8.35. The molecule has 190 valence electrons.